The maximum Gasteiger partial charge on any atom is 0.219 e. The quantitative estimate of drug-likeness (QED) is 0.795. The van der Waals surface area contributed by atoms with E-state index in [1.165, 1.54) is 12.3 Å². The van der Waals surface area contributed by atoms with E-state index < -0.39 is 6.67 Å². The lowest BCUT2D eigenvalue weighted by Gasteiger charge is -2.12. The normalized spacial score (nSPS) is 10.7. The van der Waals surface area contributed by atoms with Crippen molar-refractivity contribution in [2.75, 3.05) is 33.0 Å². The van der Waals surface area contributed by atoms with Gasteiger partial charge in [0.2, 0.25) is 5.88 Å². The van der Waals surface area contributed by atoms with Crippen LogP contribution in [0.25, 0.3) is 0 Å². The molecule has 0 fully saturated rings. The van der Waals surface area contributed by atoms with Gasteiger partial charge in [-0.15, -0.1) is 0 Å². The highest BCUT2D eigenvalue weighted by Crippen LogP contribution is 2.18. The molecule has 1 aromatic rings. The minimum Gasteiger partial charge on any atom is -0.476 e. The Morgan fingerprint density at radius 3 is 2.87 bits per heavy atom. The number of halogens is 1. The zero-order valence-corrected chi connectivity index (χ0v) is 9.03. The first-order valence-corrected chi connectivity index (χ1v) is 4.71. The first-order chi connectivity index (χ1) is 7.13. The number of rotatable bonds is 5. The molecule has 1 aromatic heterocycles. The van der Waals surface area contributed by atoms with E-state index in [1.807, 2.05) is 19.0 Å². The number of ether oxygens (including phenoxy) is 1. The van der Waals surface area contributed by atoms with E-state index in [0.29, 0.717) is 23.7 Å². The Balaban J connectivity index is 2.60. The molecule has 0 bridgehead atoms. The second-order valence-corrected chi connectivity index (χ2v) is 3.52. The highest BCUT2D eigenvalue weighted by Gasteiger charge is 2.05. The van der Waals surface area contributed by atoms with Gasteiger partial charge in [0.1, 0.15) is 13.3 Å². The SMILES string of the molecule is CN(C)CCOc1ncc(N)cc1CF. The summed E-state index contributed by atoms with van der Waals surface area (Å²) in [5, 5.41) is 0. The van der Waals surface area contributed by atoms with Gasteiger partial charge in [-0.3, -0.25) is 0 Å². The van der Waals surface area contributed by atoms with E-state index in [1.54, 1.807) is 0 Å². The van der Waals surface area contributed by atoms with E-state index >= 15 is 0 Å². The number of likely N-dealkylation sites (N-methyl/N-ethyl adjacent to an activating group) is 1. The number of alkyl halides is 1. The van der Waals surface area contributed by atoms with Crippen molar-refractivity contribution >= 4 is 5.69 Å². The fourth-order valence-electron chi connectivity index (χ4n) is 1.07. The van der Waals surface area contributed by atoms with Crippen molar-refractivity contribution in [2.45, 2.75) is 6.67 Å². The maximum atomic E-state index is 12.6. The van der Waals surface area contributed by atoms with Crippen LogP contribution in [0.1, 0.15) is 5.56 Å². The lowest BCUT2D eigenvalue weighted by Crippen LogP contribution is -2.20. The molecular weight excluding hydrogens is 197 g/mol. The Bertz CT molecular complexity index is 318. The molecule has 1 heterocycles. The molecule has 0 unspecified atom stereocenters. The Morgan fingerprint density at radius 1 is 1.53 bits per heavy atom. The van der Waals surface area contributed by atoms with Gasteiger partial charge >= 0.3 is 0 Å². The molecule has 2 N–H and O–H groups in total. The standard InChI is InChI=1S/C10H16FN3O/c1-14(2)3-4-15-10-8(6-11)5-9(12)7-13-10/h5,7H,3-4,6,12H2,1-2H3. The van der Waals surface area contributed by atoms with Crippen LogP contribution in [0.15, 0.2) is 12.3 Å². The molecule has 0 aliphatic heterocycles. The molecule has 0 radical (unpaired) electrons. The lowest BCUT2D eigenvalue weighted by atomic mass is 10.3. The predicted molar refractivity (Wildman–Crippen MR) is 57.5 cm³/mol. The number of nitrogens with two attached hydrogens (primary N) is 1. The number of hydrogen-bond acceptors (Lipinski definition) is 4. The molecule has 0 saturated heterocycles. The number of anilines is 1. The second-order valence-electron chi connectivity index (χ2n) is 3.52. The third-order valence-electron chi connectivity index (χ3n) is 1.87. The van der Waals surface area contributed by atoms with Crippen molar-refractivity contribution in [3.63, 3.8) is 0 Å². The fraction of sp³-hybridized carbons (Fsp3) is 0.500. The van der Waals surface area contributed by atoms with E-state index in [9.17, 15) is 4.39 Å². The first-order valence-electron chi connectivity index (χ1n) is 4.71. The Labute approximate surface area is 88.9 Å². The lowest BCUT2D eigenvalue weighted by molar-refractivity contribution is 0.249. The third kappa shape index (κ3) is 3.71. The number of pyridine rings is 1. The molecule has 0 saturated carbocycles. The summed E-state index contributed by atoms with van der Waals surface area (Å²) in [6, 6.07) is 1.54. The molecule has 1 rings (SSSR count). The van der Waals surface area contributed by atoms with Gasteiger partial charge in [0, 0.05) is 12.1 Å². The Morgan fingerprint density at radius 2 is 2.27 bits per heavy atom. The largest absolute Gasteiger partial charge is 0.476 e. The third-order valence-corrected chi connectivity index (χ3v) is 1.87. The van der Waals surface area contributed by atoms with Crippen molar-refractivity contribution < 1.29 is 9.13 Å². The van der Waals surface area contributed by atoms with Crippen molar-refractivity contribution in [1.29, 1.82) is 0 Å². The Kier molecular flexibility index (Phi) is 4.30. The van der Waals surface area contributed by atoms with Crippen LogP contribution in [-0.2, 0) is 6.67 Å². The summed E-state index contributed by atoms with van der Waals surface area (Å²) in [7, 11) is 3.88. The van der Waals surface area contributed by atoms with Crippen molar-refractivity contribution in [3.05, 3.63) is 17.8 Å². The number of nitrogens with zero attached hydrogens (tertiary/aromatic N) is 2. The van der Waals surface area contributed by atoms with Crippen LogP contribution in [0.2, 0.25) is 0 Å². The average molecular weight is 213 g/mol. The molecule has 15 heavy (non-hydrogen) atoms. The molecule has 0 aliphatic carbocycles. The average Bonchev–Trinajstić information content (AvgIpc) is 2.19. The molecule has 0 amide bonds. The van der Waals surface area contributed by atoms with Crippen LogP contribution in [0.3, 0.4) is 0 Å². The number of aromatic nitrogens is 1. The molecule has 5 heteroatoms. The minimum absolute atomic E-state index is 0.327. The van der Waals surface area contributed by atoms with E-state index in [0.717, 1.165) is 6.54 Å². The summed E-state index contributed by atoms with van der Waals surface area (Å²) in [5.41, 5.74) is 6.33. The summed E-state index contributed by atoms with van der Waals surface area (Å²) in [5.74, 6) is 0.327. The first kappa shape index (κ1) is 11.7. The van der Waals surface area contributed by atoms with Gasteiger partial charge in [0.15, 0.2) is 0 Å². The highest BCUT2D eigenvalue weighted by atomic mass is 19.1. The summed E-state index contributed by atoms with van der Waals surface area (Å²) in [6.07, 6.45) is 1.46. The molecule has 0 spiro atoms. The van der Waals surface area contributed by atoms with E-state index in [4.69, 9.17) is 10.5 Å². The van der Waals surface area contributed by atoms with Crippen molar-refractivity contribution in [2.24, 2.45) is 0 Å². The molecule has 0 aromatic carbocycles. The molecule has 0 atom stereocenters. The second kappa shape index (κ2) is 5.50. The number of hydrogen-bond donors (Lipinski definition) is 1. The zero-order chi connectivity index (χ0) is 11.3. The van der Waals surface area contributed by atoms with Crippen LogP contribution >= 0.6 is 0 Å². The highest BCUT2D eigenvalue weighted by molar-refractivity contribution is 5.42. The van der Waals surface area contributed by atoms with Crippen molar-refractivity contribution in [1.82, 2.24) is 9.88 Å². The van der Waals surface area contributed by atoms with Gasteiger partial charge < -0.3 is 15.4 Å². The van der Waals surface area contributed by atoms with E-state index in [2.05, 4.69) is 4.98 Å². The fourth-order valence-corrected chi connectivity index (χ4v) is 1.07. The van der Waals surface area contributed by atoms with Crippen LogP contribution in [0.4, 0.5) is 10.1 Å². The van der Waals surface area contributed by atoms with Gasteiger partial charge in [-0.25, -0.2) is 9.37 Å². The minimum atomic E-state index is -0.616. The van der Waals surface area contributed by atoms with E-state index in [-0.39, 0.29) is 0 Å². The van der Waals surface area contributed by atoms with Crippen molar-refractivity contribution in [3.8, 4) is 5.88 Å². The summed E-state index contributed by atoms with van der Waals surface area (Å²) in [6.45, 7) is 0.629. The molecule has 4 nitrogen and oxygen atoms in total. The molecule has 0 aliphatic rings. The molecular formula is C10H16FN3O. The monoisotopic (exact) mass is 213 g/mol. The van der Waals surface area contributed by atoms with Crippen LogP contribution in [-0.4, -0.2) is 37.1 Å². The summed E-state index contributed by atoms with van der Waals surface area (Å²) in [4.78, 5) is 5.92. The van der Waals surface area contributed by atoms with Gasteiger partial charge in [0.05, 0.1) is 11.9 Å². The predicted octanol–water partition coefficient (Wildman–Crippen LogP) is 1.07. The topological polar surface area (TPSA) is 51.4 Å². The summed E-state index contributed by atoms with van der Waals surface area (Å²) >= 11 is 0. The smallest absolute Gasteiger partial charge is 0.219 e. The summed E-state index contributed by atoms with van der Waals surface area (Å²) < 4.78 is 17.9. The van der Waals surface area contributed by atoms with Gasteiger partial charge in [-0.05, 0) is 20.2 Å². The number of nitrogen functional groups attached to an aromatic ring is 1. The van der Waals surface area contributed by atoms with Crippen LogP contribution < -0.4 is 10.5 Å². The van der Waals surface area contributed by atoms with Crippen LogP contribution in [0, 0.1) is 0 Å². The van der Waals surface area contributed by atoms with Gasteiger partial charge in [-0.2, -0.15) is 0 Å². The van der Waals surface area contributed by atoms with Gasteiger partial charge in [0.25, 0.3) is 0 Å². The van der Waals surface area contributed by atoms with Crippen LogP contribution in [0.5, 0.6) is 5.88 Å². The molecule has 84 valence electrons. The Hall–Kier alpha value is -1.36. The van der Waals surface area contributed by atoms with Gasteiger partial charge in [-0.1, -0.05) is 0 Å². The zero-order valence-electron chi connectivity index (χ0n) is 9.03. The maximum absolute atomic E-state index is 12.6.